The average molecular weight is 159 g/mol. The summed E-state index contributed by atoms with van der Waals surface area (Å²) in [5.74, 6) is -0.882. The molecule has 11 heavy (non-hydrogen) atoms. The highest BCUT2D eigenvalue weighted by atomic mass is 16.3. The molecule has 0 bridgehead atoms. The lowest BCUT2D eigenvalue weighted by molar-refractivity contribution is -0.135. The molecule has 0 aromatic rings. The molecule has 0 aromatic carbocycles. The molecule has 0 aliphatic carbocycles. The first-order valence-corrected chi connectivity index (χ1v) is 3.00. The number of ketones is 1. The third kappa shape index (κ3) is 3.09. The van der Waals surface area contributed by atoms with Gasteiger partial charge in [0.15, 0.2) is 5.78 Å². The van der Waals surface area contributed by atoms with Gasteiger partial charge in [-0.25, -0.2) is 0 Å². The number of Topliss-reactive ketones (excluding diaryl/α,β-unsaturated/α-hetero) is 1. The molecule has 5 nitrogen and oxygen atoms in total. The molecule has 5 heteroatoms. The van der Waals surface area contributed by atoms with Gasteiger partial charge in [0, 0.05) is 0 Å². The van der Waals surface area contributed by atoms with E-state index in [1.807, 2.05) is 0 Å². The zero-order valence-corrected chi connectivity index (χ0v) is 5.77. The maximum absolute atomic E-state index is 10.5. The number of nitriles is 1. The number of aliphatic hydroxyl groups is 3. The van der Waals surface area contributed by atoms with Crippen LogP contribution in [0.4, 0.5) is 0 Å². The third-order valence-electron chi connectivity index (χ3n) is 1.15. The Hall–Kier alpha value is -0.960. The summed E-state index contributed by atoms with van der Waals surface area (Å²) in [5, 5.41) is 33.9. The maximum Gasteiger partial charge on any atom is 0.189 e. The van der Waals surface area contributed by atoms with Crippen molar-refractivity contribution in [3.8, 4) is 6.07 Å². The van der Waals surface area contributed by atoms with Gasteiger partial charge in [-0.2, -0.15) is 5.26 Å². The van der Waals surface area contributed by atoms with Crippen LogP contribution in [-0.2, 0) is 4.79 Å². The van der Waals surface area contributed by atoms with Gasteiger partial charge >= 0.3 is 0 Å². The average Bonchev–Trinajstić information content (AvgIpc) is 2.02. The molecule has 0 heterocycles. The van der Waals surface area contributed by atoms with Crippen LogP contribution in [0.3, 0.4) is 0 Å². The van der Waals surface area contributed by atoms with Crippen molar-refractivity contribution in [1.29, 1.82) is 5.26 Å². The van der Waals surface area contributed by atoms with E-state index in [-0.39, 0.29) is 6.42 Å². The maximum atomic E-state index is 10.5. The molecule has 0 saturated carbocycles. The fraction of sp³-hybridized carbons (Fsp3) is 0.667. The van der Waals surface area contributed by atoms with E-state index in [1.54, 1.807) is 6.07 Å². The normalized spacial score (nSPS) is 15.1. The quantitative estimate of drug-likeness (QED) is 0.448. The predicted octanol–water partition coefficient (Wildman–Crippen LogP) is -1.82. The molecule has 2 unspecified atom stereocenters. The molecule has 0 fully saturated rings. The topological polar surface area (TPSA) is 102 Å². The van der Waals surface area contributed by atoms with Crippen molar-refractivity contribution < 1.29 is 20.1 Å². The van der Waals surface area contributed by atoms with Gasteiger partial charge in [0.05, 0.1) is 12.5 Å². The lowest BCUT2D eigenvalue weighted by Crippen LogP contribution is -2.35. The number of nitrogens with zero attached hydrogens (tertiary/aromatic N) is 1. The van der Waals surface area contributed by atoms with Crippen LogP contribution in [0.25, 0.3) is 0 Å². The molecule has 0 aliphatic rings. The first-order valence-electron chi connectivity index (χ1n) is 3.00. The molecule has 62 valence electrons. The Morgan fingerprint density at radius 1 is 1.55 bits per heavy atom. The number of rotatable bonds is 4. The predicted molar refractivity (Wildman–Crippen MR) is 34.3 cm³/mol. The van der Waals surface area contributed by atoms with E-state index >= 15 is 0 Å². The summed E-state index contributed by atoms with van der Waals surface area (Å²) in [7, 11) is 0. The van der Waals surface area contributed by atoms with Crippen LogP contribution < -0.4 is 0 Å². The second-order valence-electron chi connectivity index (χ2n) is 2.00. The number of aliphatic hydroxyl groups excluding tert-OH is 3. The van der Waals surface area contributed by atoms with Gasteiger partial charge in [-0.15, -0.1) is 0 Å². The molecule has 0 saturated heterocycles. The lowest BCUT2D eigenvalue weighted by atomic mass is 10.1. The minimum absolute atomic E-state index is 0.326. The SMILES string of the molecule is N#CCC(O)C(O)C(=O)CO. The second kappa shape index (κ2) is 4.79. The Labute approximate surface area is 63.5 Å². The van der Waals surface area contributed by atoms with Crippen molar-refractivity contribution in [3.05, 3.63) is 0 Å². The zero-order valence-electron chi connectivity index (χ0n) is 5.77. The smallest absolute Gasteiger partial charge is 0.189 e. The number of carbonyl (C=O) groups is 1. The van der Waals surface area contributed by atoms with Crippen LogP contribution in [0.15, 0.2) is 0 Å². The summed E-state index contributed by atoms with van der Waals surface area (Å²) in [5.41, 5.74) is 0. The highest BCUT2D eigenvalue weighted by molar-refractivity contribution is 5.84. The molecule has 2 atom stereocenters. The van der Waals surface area contributed by atoms with Gasteiger partial charge in [0.1, 0.15) is 18.8 Å². The number of carbonyl (C=O) groups excluding carboxylic acids is 1. The minimum Gasteiger partial charge on any atom is -0.389 e. The Morgan fingerprint density at radius 2 is 2.09 bits per heavy atom. The Kier molecular flexibility index (Phi) is 4.38. The van der Waals surface area contributed by atoms with E-state index in [0.29, 0.717) is 0 Å². The van der Waals surface area contributed by atoms with E-state index < -0.39 is 24.6 Å². The third-order valence-corrected chi connectivity index (χ3v) is 1.15. The Morgan fingerprint density at radius 3 is 2.45 bits per heavy atom. The standard InChI is InChI=1S/C6H9NO4/c7-2-1-4(9)6(11)5(10)3-8/h4,6,8-9,11H,1,3H2. The van der Waals surface area contributed by atoms with Crippen LogP contribution in [-0.4, -0.2) is 39.9 Å². The van der Waals surface area contributed by atoms with E-state index in [2.05, 4.69) is 0 Å². The van der Waals surface area contributed by atoms with Crippen molar-refractivity contribution in [3.63, 3.8) is 0 Å². The molecular formula is C6H9NO4. The Bertz CT molecular complexity index is 174. The van der Waals surface area contributed by atoms with Gasteiger partial charge in [0.2, 0.25) is 0 Å². The summed E-state index contributed by atoms with van der Waals surface area (Å²) in [4.78, 5) is 10.5. The molecule has 3 N–H and O–H groups in total. The van der Waals surface area contributed by atoms with Crippen molar-refractivity contribution in [2.45, 2.75) is 18.6 Å². The summed E-state index contributed by atoms with van der Waals surface area (Å²) < 4.78 is 0. The first-order chi connectivity index (χ1) is 5.13. The van der Waals surface area contributed by atoms with Crippen LogP contribution >= 0.6 is 0 Å². The van der Waals surface area contributed by atoms with Crippen LogP contribution in [0.1, 0.15) is 6.42 Å². The first kappa shape index (κ1) is 10.0. The van der Waals surface area contributed by atoms with Crippen molar-refractivity contribution in [1.82, 2.24) is 0 Å². The monoisotopic (exact) mass is 159 g/mol. The number of hydrogen-bond donors (Lipinski definition) is 3. The fourth-order valence-corrected chi connectivity index (χ4v) is 0.513. The van der Waals surface area contributed by atoms with Crippen molar-refractivity contribution in [2.24, 2.45) is 0 Å². The van der Waals surface area contributed by atoms with Gasteiger partial charge < -0.3 is 15.3 Å². The molecule has 0 radical (unpaired) electrons. The van der Waals surface area contributed by atoms with Gasteiger partial charge in [-0.3, -0.25) is 4.79 Å². The minimum atomic E-state index is -1.65. The largest absolute Gasteiger partial charge is 0.389 e. The van der Waals surface area contributed by atoms with Gasteiger partial charge in [-0.05, 0) is 0 Å². The van der Waals surface area contributed by atoms with Crippen molar-refractivity contribution >= 4 is 5.78 Å². The molecule has 0 aliphatic heterocycles. The molecule has 0 aromatic heterocycles. The molecule has 0 spiro atoms. The second-order valence-corrected chi connectivity index (χ2v) is 2.00. The molecule has 0 amide bonds. The molecular weight excluding hydrogens is 150 g/mol. The fourth-order valence-electron chi connectivity index (χ4n) is 0.513. The van der Waals surface area contributed by atoms with Crippen LogP contribution in [0, 0.1) is 11.3 Å². The van der Waals surface area contributed by atoms with E-state index in [4.69, 9.17) is 20.6 Å². The Balaban J connectivity index is 3.92. The summed E-state index contributed by atoms with van der Waals surface area (Å²) in [6.45, 7) is -0.830. The summed E-state index contributed by atoms with van der Waals surface area (Å²) in [6, 6.07) is 1.58. The van der Waals surface area contributed by atoms with Crippen LogP contribution in [0.5, 0.6) is 0 Å². The number of hydrogen-bond acceptors (Lipinski definition) is 5. The van der Waals surface area contributed by atoms with E-state index in [9.17, 15) is 4.79 Å². The highest BCUT2D eigenvalue weighted by Crippen LogP contribution is 1.98. The summed E-state index contributed by atoms with van der Waals surface area (Å²) >= 11 is 0. The van der Waals surface area contributed by atoms with Gasteiger partial charge in [0.25, 0.3) is 0 Å². The van der Waals surface area contributed by atoms with E-state index in [1.165, 1.54) is 0 Å². The zero-order chi connectivity index (χ0) is 8.85. The highest BCUT2D eigenvalue weighted by Gasteiger charge is 2.22. The molecule has 0 rings (SSSR count). The van der Waals surface area contributed by atoms with Gasteiger partial charge in [-0.1, -0.05) is 0 Å². The van der Waals surface area contributed by atoms with Crippen LogP contribution in [0.2, 0.25) is 0 Å². The summed E-state index contributed by atoms with van der Waals surface area (Å²) in [6.07, 6.45) is -3.38. The van der Waals surface area contributed by atoms with Crippen molar-refractivity contribution in [2.75, 3.05) is 6.61 Å². The van der Waals surface area contributed by atoms with E-state index in [0.717, 1.165) is 0 Å². The lowest BCUT2D eigenvalue weighted by Gasteiger charge is -2.11.